The fourth-order valence-electron chi connectivity index (χ4n) is 2.64. The van der Waals surface area contributed by atoms with Gasteiger partial charge in [-0.2, -0.15) is 0 Å². The number of fused-ring (bicyclic) bond motifs is 1. The zero-order chi connectivity index (χ0) is 16.5. The Hall–Kier alpha value is -2.73. The molecule has 0 aliphatic heterocycles. The maximum atomic E-state index is 13.2. The van der Waals surface area contributed by atoms with E-state index in [2.05, 4.69) is 15.3 Å². The van der Waals surface area contributed by atoms with E-state index in [1.54, 1.807) is 36.1 Å². The van der Waals surface area contributed by atoms with Crippen molar-refractivity contribution in [3.63, 3.8) is 0 Å². The number of rotatable bonds is 4. The number of halogens is 1. The lowest BCUT2D eigenvalue weighted by molar-refractivity contribution is 0.490. The summed E-state index contributed by atoms with van der Waals surface area (Å²) in [5.74, 6) is 1.32. The second kappa shape index (κ2) is 6.05. The molecule has 0 amide bonds. The van der Waals surface area contributed by atoms with Gasteiger partial charge in [0.2, 0.25) is 0 Å². The largest absolute Gasteiger partial charge is 0.467 e. The summed E-state index contributed by atoms with van der Waals surface area (Å²) in [4.78, 5) is 9.63. The summed E-state index contributed by atoms with van der Waals surface area (Å²) in [6, 6.07) is 10.2. The van der Waals surface area contributed by atoms with E-state index in [0.29, 0.717) is 0 Å². The minimum absolute atomic E-state index is 0.0286. The van der Waals surface area contributed by atoms with Crippen molar-refractivity contribution in [1.29, 1.82) is 0 Å². The first kappa shape index (κ1) is 14.8. The summed E-state index contributed by atoms with van der Waals surface area (Å²) < 4.78 is 18.6. The first-order valence-corrected chi connectivity index (χ1v) is 8.38. The molecule has 0 aliphatic carbocycles. The Labute approximate surface area is 142 Å². The Morgan fingerprint density at radius 3 is 2.75 bits per heavy atom. The molecule has 1 atom stereocenters. The number of anilines is 1. The second-order valence-corrected chi connectivity index (χ2v) is 6.30. The summed E-state index contributed by atoms with van der Waals surface area (Å²) in [7, 11) is 0. The number of furan rings is 1. The molecule has 0 spiro atoms. The molecule has 3 aromatic heterocycles. The molecule has 120 valence electrons. The van der Waals surface area contributed by atoms with Gasteiger partial charge in [0.25, 0.3) is 0 Å². The minimum Gasteiger partial charge on any atom is -0.467 e. The summed E-state index contributed by atoms with van der Waals surface area (Å²) in [5, 5.41) is 6.34. The van der Waals surface area contributed by atoms with E-state index in [1.165, 1.54) is 12.1 Å². The average Bonchev–Trinajstić information content (AvgIpc) is 3.26. The minimum atomic E-state index is -0.251. The van der Waals surface area contributed by atoms with E-state index in [9.17, 15) is 4.39 Å². The Morgan fingerprint density at radius 2 is 2.00 bits per heavy atom. The molecule has 1 N–H and O–H groups in total. The molecule has 0 saturated heterocycles. The molecule has 0 aliphatic rings. The van der Waals surface area contributed by atoms with Crippen LogP contribution in [0.15, 0.2) is 58.8 Å². The molecule has 0 radical (unpaired) electrons. The van der Waals surface area contributed by atoms with E-state index in [-0.39, 0.29) is 11.9 Å². The van der Waals surface area contributed by atoms with Crippen LogP contribution in [0.3, 0.4) is 0 Å². The Balaban J connectivity index is 1.78. The average molecular weight is 339 g/mol. The van der Waals surface area contributed by atoms with Crippen LogP contribution >= 0.6 is 11.3 Å². The molecule has 3 heterocycles. The standard InChI is InChI=1S/C18H14FN3OS/c1-11(15-3-2-8-23-15)22-17-16-14(9-24-18(16)21-10-20-17)12-4-6-13(19)7-5-12/h2-11H,1H3,(H,20,21,22). The van der Waals surface area contributed by atoms with Gasteiger partial charge in [0.15, 0.2) is 0 Å². The third-order valence-corrected chi connectivity index (χ3v) is 4.73. The number of thiophene rings is 1. The van der Waals surface area contributed by atoms with Crippen LogP contribution in [-0.2, 0) is 0 Å². The topological polar surface area (TPSA) is 51.0 Å². The van der Waals surface area contributed by atoms with Gasteiger partial charge < -0.3 is 9.73 Å². The van der Waals surface area contributed by atoms with Gasteiger partial charge in [-0.25, -0.2) is 14.4 Å². The predicted molar refractivity (Wildman–Crippen MR) is 93.6 cm³/mol. The third kappa shape index (κ3) is 2.65. The summed E-state index contributed by atoms with van der Waals surface area (Å²) >= 11 is 1.54. The van der Waals surface area contributed by atoms with Crippen LogP contribution in [0.2, 0.25) is 0 Å². The SMILES string of the molecule is CC(Nc1ncnc2scc(-c3ccc(F)cc3)c12)c1ccco1. The maximum Gasteiger partial charge on any atom is 0.139 e. The fourth-order valence-corrected chi connectivity index (χ4v) is 3.56. The molecule has 1 aromatic carbocycles. The first-order chi connectivity index (χ1) is 11.7. The van der Waals surface area contributed by atoms with E-state index < -0.39 is 0 Å². The maximum absolute atomic E-state index is 13.2. The van der Waals surface area contributed by atoms with Crippen LogP contribution in [-0.4, -0.2) is 9.97 Å². The van der Waals surface area contributed by atoms with Gasteiger partial charge in [-0.05, 0) is 36.8 Å². The van der Waals surface area contributed by atoms with Crippen LogP contribution in [0.1, 0.15) is 18.7 Å². The lowest BCUT2D eigenvalue weighted by Gasteiger charge is -2.13. The molecular weight excluding hydrogens is 325 g/mol. The number of nitrogens with zero attached hydrogens (tertiary/aromatic N) is 2. The highest BCUT2D eigenvalue weighted by Crippen LogP contribution is 2.37. The quantitative estimate of drug-likeness (QED) is 0.551. The van der Waals surface area contributed by atoms with Crippen LogP contribution in [0.5, 0.6) is 0 Å². The van der Waals surface area contributed by atoms with E-state index in [1.807, 2.05) is 24.4 Å². The summed E-state index contributed by atoms with van der Waals surface area (Å²) in [6.07, 6.45) is 3.20. The van der Waals surface area contributed by atoms with E-state index in [4.69, 9.17) is 4.42 Å². The summed E-state index contributed by atoms with van der Waals surface area (Å²) in [5.41, 5.74) is 1.93. The van der Waals surface area contributed by atoms with Gasteiger partial charge in [-0.3, -0.25) is 0 Å². The smallest absolute Gasteiger partial charge is 0.139 e. The van der Waals surface area contributed by atoms with Crippen molar-refractivity contribution in [2.45, 2.75) is 13.0 Å². The normalized spacial score (nSPS) is 12.4. The zero-order valence-corrected chi connectivity index (χ0v) is 13.7. The van der Waals surface area contributed by atoms with Crippen LogP contribution in [0.4, 0.5) is 10.2 Å². The second-order valence-electron chi connectivity index (χ2n) is 5.44. The zero-order valence-electron chi connectivity index (χ0n) is 12.9. The number of benzene rings is 1. The monoisotopic (exact) mass is 339 g/mol. The highest BCUT2D eigenvalue weighted by molar-refractivity contribution is 7.17. The summed E-state index contributed by atoms with van der Waals surface area (Å²) in [6.45, 7) is 2.01. The molecule has 4 nitrogen and oxygen atoms in total. The molecule has 4 aromatic rings. The van der Waals surface area contributed by atoms with Crippen molar-refractivity contribution in [3.8, 4) is 11.1 Å². The number of nitrogens with one attached hydrogen (secondary N) is 1. The van der Waals surface area contributed by atoms with Gasteiger partial charge in [-0.15, -0.1) is 11.3 Å². The Bertz CT molecular complexity index is 964. The van der Waals surface area contributed by atoms with Gasteiger partial charge in [-0.1, -0.05) is 12.1 Å². The van der Waals surface area contributed by atoms with Crippen LogP contribution < -0.4 is 5.32 Å². The lowest BCUT2D eigenvalue weighted by atomic mass is 10.1. The molecule has 1 unspecified atom stereocenters. The van der Waals surface area contributed by atoms with Gasteiger partial charge in [0.05, 0.1) is 17.7 Å². The van der Waals surface area contributed by atoms with Gasteiger partial charge in [0.1, 0.15) is 28.6 Å². The van der Waals surface area contributed by atoms with E-state index in [0.717, 1.165) is 32.9 Å². The number of hydrogen-bond donors (Lipinski definition) is 1. The van der Waals surface area contributed by atoms with Gasteiger partial charge >= 0.3 is 0 Å². The van der Waals surface area contributed by atoms with Gasteiger partial charge in [0, 0.05) is 10.9 Å². The predicted octanol–water partition coefficient (Wildman–Crippen LogP) is 5.26. The first-order valence-electron chi connectivity index (χ1n) is 7.50. The third-order valence-electron chi connectivity index (χ3n) is 3.85. The molecule has 0 fully saturated rings. The van der Waals surface area contributed by atoms with Crippen molar-refractivity contribution in [1.82, 2.24) is 9.97 Å². The molecule has 0 bridgehead atoms. The van der Waals surface area contributed by atoms with Crippen molar-refractivity contribution in [2.24, 2.45) is 0 Å². The molecule has 0 saturated carbocycles. The molecule has 4 rings (SSSR count). The van der Waals surface area contributed by atoms with Crippen molar-refractivity contribution < 1.29 is 8.81 Å². The van der Waals surface area contributed by atoms with E-state index >= 15 is 0 Å². The number of hydrogen-bond acceptors (Lipinski definition) is 5. The van der Waals surface area contributed by atoms with Crippen molar-refractivity contribution >= 4 is 27.4 Å². The highest BCUT2D eigenvalue weighted by atomic mass is 32.1. The fraction of sp³-hybridized carbons (Fsp3) is 0.111. The Kier molecular flexibility index (Phi) is 3.74. The molecular formula is C18H14FN3OS. The molecule has 6 heteroatoms. The number of aromatic nitrogens is 2. The highest BCUT2D eigenvalue weighted by Gasteiger charge is 2.16. The lowest BCUT2D eigenvalue weighted by Crippen LogP contribution is -2.07. The van der Waals surface area contributed by atoms with Crippen LogP contribution in [0, 0.1) is 5.82 Å². The van der Waals surface area contributed by atoms with Crippen molar-refractivity contribution in [2.75, 3.05) is 5.32 Å². The Morgan fingerprint density at radius 1 is 1.17 bits per heavy atom. The van der Waals surface area contributed by atoms with Crippen LogP contribution in [0.25, 0.3) is 21.3 Å². The van der Waals surface area contributed by atoms with Crippen molar-refractivity contribution in [3.05, 3.63) is 65.9 Å². The molecule has 24 heavy (non-hydrogen) atoms.